The van der Waals surface area contributed by atoms with E-state index in [1.165, 1.54) is 32.1 Å². The fourth-order valence-corrected chi connectivity index (χ4v) is 2.14. The van der Waals surface area contributed by atoms with Gasteiger partial charge in [0.2, 0.25) is 0 Å². The number of ether oxygens (including phenoxy) is 1. The standard InChI is InChI=1S/C16H33NO2/c1-3-4-5-6-9-12-15(2)19-16(18)13-10-7-8-11-14-17/h15H,3-14,17H2,1-2H3. The van der Waals surface area contributed by atoms with Gasteiger partial charge in [-0.05, 0) is 39.2 Å². The van der Waals surface area contributed by atoms with Gasteiger partial charge in [0.1, 0.15) is 0 Å². The van der Waals surface area contributed by atoms with Crippen molar-refractivity contribution in [3.8, 4) is 0 Å². The van der Waals surface area contributed by atoms with E-state index < -0.39 is 0 Å². The second kappa shape index (κ2) is 13.9. The van der Waals surface area contributed by atoms with E-state index in [0.717, 1.165) is 38.6 Å². The van der Waals surface area contributed by atoms with E-state index in [0.29, 0.717) is 6.42 Å². The van der Waals surface area contributed by atoms with Crippen LogP contribution < -0.4 is 5.73 Å². The molecule has 0 aromatic carbocycles. The summed E-state index contributed by atoms with van der Waals surface area (Å²) in [6.45, 7) is 4.98. The Bertz CT molecular complexity index is 207. The minimum Gasteiger partial charge on any atom is -0.463 e. The number of esters is 1. The fraction of sp³-hybridized carbons (Fsp3) is 0.938. The zero-order valence-electron chi connectivity index (χ0n) is 13.0. The molecule has 0 aliphatic heterocycles. The Balaban J connectivity index is 3.37. The molecule has 0 aromatic rings. The predicted octanol–water partition coefficient (Wildman–Crippen LogP) is 4.19. The number of nitrogens with two attached hydrogens (primary N) is 1. The predicted molar refractivity (Wildman–Crippen MR) is 81.1 cm³/mol. The normalized spacial score (nSPS) is 12.4. The Morgan fingerprint density at radius 3 is 2.32 bits per heavy atom. The van der Waals surface area contributed by atoms with Gasteiger partial charge in [-0.3, -0.25) is 4.79 Å². The highest BCUT2D eigenvalue weighted by atomic mass is 16.5. The fourth-order valence-electron chi connectivity index (χ4n) is 2.14. The Morgan fingerprint density at radius 2 is 1.63 bits per heavy atom. The maximum Gasteiger partial charge on any atom is 0.306 e. The molecule has 0 spiro atoms. The van der Waals surface area contributed by atoms with Gasteiger partial charge in [0.05, 0.1) is 6.10 Å². The van der Waals surface area contributed by atoms with Crippen molar-refractivity contribution in [1.82, 2.24) is 0 Å². The molecule has 0 aliphatic carbocycles. The smallest absolute Gasteiger partial charge is 0.306 e. The second-order valence-electron chi connectivity index (χ2n) is 5.46. The Morgan fingerprint density at radius 1 is 1.00 bits per heavy atom. The number of carbonyl (C=O) groups excluding carboxylic acids is 1. The van der Waals surface area contributed by atoms with Crippen LogP contribution in [-0.2, 0) is 9.53 Å². The Labute approximate surface area is 119 Å². The Kier molecular flexibility index (Phi) is 13.4. The van der Waals surface area contributed by atoms with Crippen molar-refractivity contribution in [2.45, 2.75) is 90.6 Å². The number of unbranched alkanes of at least 4 members (excludes halogenated alkanes) is 7. The van der Waals surface area contributed by atoms with Crippen LogP contribution >= 0.6 is 0 Å². The molecule has 0 amide bonds. The van der Waals surface area contributed by atoms with Crippen LogP contribution in [0.2, 0.25) is 0 Å². The molecule has 0 fully saturated rings. The molecular formula is C16H33NO2. The number of rotatable bonds is 13. The number of hydrogen-bond donors (Lipinski definition) is 1. The monoisotopic (exact) mass is 271 g/mol. The lowest BCUT2D eigenvalue weighted by Crippen LogP contribution is -2.14. The maximum atomic E-state index is 11.6. The topological polar surface area (TPSA) is 52.3 Å². The van der Waals surface area contributed by atoms with Crippen molar-refractivity contribution >= 4 is 5.97 Å². The molecule has 114 valence electrons. The van der Waals surface area contributed by atoms with E-state index in [2.05, 4.69) is 6.92 Å². The lowest BCUT2D eigenvalue weighted by molar-refractivity contribution is -0.148. The van der Waals surface area contributed by atoms with Crippen LogP contribution in [0.4, 0.5) is 0 Å². The van der Waals surface area contributed by atoms with E-state index in [1.807, 2.05) is 6.92 Å². The van der Waals surface area contributed by atoms with Crippen LogP contribution in [0.3, 0.4) is 0 Å². The third-order valence-corrected chi connectivity index (χ3v) is 3.38. The van der Waals surface area contributed by atoms with Crippen molar-refractivity contribution in [1.29, 1.82) is 0 Å². The first-order valence-electron chi connectivity index (χ1n) is 8.10. The molecule has 3 nitrogen and oxygen atoms in total. The molecule has 19 heavy (non-hydrogen) atoms. The summed E-state index contributed by atoms with van der Waals surface area (Å²) < 4.78 is 5.40. The first kappa shape index (κ1) is 18.4. The molecule has 1 atom stereocenters. The van der Waals surface area contributed by atoms with E-state index in [1.54, 1.807) is 0 Å². The maximum absolute atomic E-state index is 11.6. The van der Waals surface area contributed by atoms with Crippen molar-refractivity contribution in [3.63, 3.8) is 0 Å². The molecule has 0 aromatic heterocycles. The van der Waals surface area contributed by atoms with Gasteiger partial charge in [-0.25, -0.2) is 0 Å². The van der Waals surface area contributed by atoms with E-state index in [-0.39, 0.29) is 12.1 Å². The SMILES string of the molecule is CCCCCCCC(C)OC(=O)CCCCCCN. The second-order valence-corrected chi connectivity index (χ2v) is 5.46. The van der Waals surface area contributed by atoms with E-state index in [4.69, 9.17) is 10.5 Å². The van der Waals surface area contributed by atoms with Gasteiger partial charge in [-0.1, -0.05) is 45.4 Å². The molecule has 2 N–H and O–H groups in total. The molecule has 0 bridgehead atoms. The van der Waals surface area contributed by atoms with Gasteiger partial charge in [0.15, 0.2) is 0 Å². The van der Waals surface area contributed by atoms with Gasteiger partial charge in [-0.2, -0.15) is 0 Å². The summed E-state index contributed by atoms with van der Waals surface area (Å²) >= 11 is 0. The molecule has 1 unspecified atom stereocenters. The quantitative estimate of drug-likeness (QED) is 0.404. The van der Waals surface area contributed by atoms with Crippen LogP contribution in [0.5, 0.6) is 0 Å². The molecule has 0 heterocycles. The average Bonchev–Trinajstić information content (AvgIpc) is 2.38. The summed E-state index contributed by atoms with van der Waals surface area (Å²) in [5, 5.41) is 0. The average molecular weight is 271 g/mol. The summed E-state index contributed by atoms with van der Waals surface area (Å²) in [5.74, 6) is -0.0335. The minimum atomic E-state index is -0.0335. The number of hydrogen-bond acceptors (Lipinski definition) is 3. The number of carbonyl (C=O) groups is 1. The van der Waals surface area contributed by atoms with Crippen molar-refractivity contribution < 1.29 is 9.53 Å². The lowest BCUT2D eigenvalue weighted by atomic mass is 10.1. The summed E-state index contributed by atoms with van der Waals surface area (Å²) in [6.07, 6.45) is 12.2. The molecule has 0 aliphatic rings. The first-order valence-corrected chi connectivity index (χ1v) is 8.10. The third-order valence-electron chi connectivity index (χ3n) is 3.38. The van der Waals surface area contributed by atoms with Crippen LogP contribution in [0.15, 0.2) is 0 Å². The molecular weight excluding hydrogens is 238 g/mol. The summed E-state index contributed by atoms with van der Waals surface area (Å²) in [7, 11) is 0. The van der Waals surface area contributed by atoms with Crippen LogP contribution in [0.1, 0.15) is 84.5 Å². The largest absolute Gasteiger partial charge is 0.463 e. The highest BCUT2D eigenvalue weighted by molar-refractivity contribution is 5.69. The van der Waals surface area contributed by atoms with Crippen LogP contribution in [0.25, 0.3) is 0 Å². The summed E-state index contributed by atoms with van der Waals surface area (Å²) in [5.41, 5.74) is 5.42. The van der Waals surface area contributed by atoms with Crippen molar-refractivity contribution in [2.24, 2.45) is 5.73 Å². The third kappa shape index (κ3) is 13.7. The zero-order valence-corrected chi connectivity index (χ0v) is 13.0. The summed E-state index contributed by atoms with van der Waals surface area (Å²) in [6, 6.07) is 0. The van der Waals surface area contributed by atoms with E-state index in [9.17, 15) is 4.79 Å². The zero-order chi connectivity index (χ0) is 14.3. The van der Waals surface area contributed by atoms with Gasteiger partial charge < -0.3 is 10.5 Å². The molecule has 3 heteroatoms. The van der Waals surface area contributed by atoms with Gasteiger partial charge in [0, 0.05) is 6.42 Å². The highest BCUT2D eigenvalue weighted by Gasteiger charge is 2.08. The van der Waals surface area contributed by atoms with E-state index >= 15 is 0 Å². The Hall–Kier alpha value is -0.570. The molecule has 0 radical (unpaired) electrons. The first-order chi connectivity index (χ1) is 9.20. The van der Waals surface area contributed by atoms with Crippen molar-refractivity contribution in [2.75, 3.05) is 6.54 Å². The highest BCUT2D eigenvalue weighted by Crippen LogP contribution is 2.11. The minimum absolute atomic E-state index is 0.0335. The molecule has 0 saturated carbocycles. The van der Waals surface area contributed by atoms with Gasteiger partial charge in [-0.15, -0.1) is 0 Å². The van der Waals surface area contributed by atoms with Gasteiger partial charge in [0.25, 0.3) is 0 Å². The lowest BCUT2D eigenvalue weighted by Gasteiger charge is -2.13. The van der Waals surface area contributed by atoms with Crippen molar-refractivity contribution in [3.05, 3.63) is 0 Å². The molecule has 0 saturated heterocycles. The van der Waals surface area contributed by atoms with Crippen LogP contribution in [0, 0.1) is 0 Å². The molecule has 0 rings (SSSR count). The summed E-state index contributed by atoms with van der Waals surface area (Å²) in [4.78, 5) is 11.6. The van der Waals surface area contributed by atoms with Crippen LogP contribution in [-0.4, -0.2) is 18.6 Å². The van der Waals surface area contributed by atoms with Gasteiger partial charge >= 0.3 is 5.97 Å².